The number of nitrogens with zero attached hydrogens (tertiary/aromatic N) is 1. The smallest absolute Gasteiger partial charge is 0.380 e. The highest BCUT2D eigenvalue weighted by molar-refractivity contribution is 4.89. The fourth-order valence-corrected chi connectivity index (χ4v) is 2.22. The third kappa shape index (κ3) is 4.40. The molecule has 1 aliphatic rings. The van der Waals surface area contributed by atoms with Crippen molar-refractivity contribution in [2.45, 2.75) is 44.4 Å². The quantitative estimate of drug-likeness (QED) is 0.746. The summed E-state index contributed by atoms with van der Waals surface area (Å²) >= 11 is 0. The van der Waals surface area contributed by atoms with Gasteiger partial charge in [0.05, 0.1) is 0 Å². The van der Waals surface area contributed by atoms with E-state index in [4.69, 9.17) is 0 Å². The molecule has 1 atom stereocenters. The molecule has 0 radical (unpaired) electrons. The molecule has 0 saturated carbocycles. The van der Waals surface area contributed by atoms with Crippen LogP contribution in [0.25, 0.3) is 0 Å². The summed E-state index contributed by atoms with van der Waals surface area (Å²) in [7, 11) is 0. The van der Waals surface area contributed by atoms with Gasteiger partial charge in [-0.25, -0.2) is 0 Å². The molecule has 1 saturated heterocycles. The van der Waals surface area contributed by atoms with Crippen LogP contribution in [0.5, 0.6) is 0 Å². The average molecular weight is 268 g/mol. The maximum Gasteiger partial charge on any atom is 0.417 e. The summed E-state index contributed by atoms with van der Waals surface area (Å²) in [6.07, 6.45) is -3.47. The van der Waals surface area contributed by atoms with Crippen LogP contribution >= 0.6 is 0 Å². The van der Waals surface area contributed by atoms with Gasteiger partial charge in [-0.2, -0.15) is 13.2 Å². The Bertz CT molecular complexity index is 248. The van der Waals surface area contributed by atoms with E-state index in [-0.39, 0.29) is 12.8 Å². The topological polar surface area (TPSA) is 35.5 Å². The maximum absolute atomic E-state index is 12.7. The second-order valence-electron chi connectivity index (χ2n) is 4.97. The van der Waals surface area contributed by atoms with Crippen LogP contribution in [0.2, 0.25) is 0 Å². The Labute approximate surface area is 106 Å². The van der Waals surface area contributed by atoms with E-state index in [1.807, 2.05) is 4.90 Å². The molecule has 1 rings (SSSR count). The van der Waals surface area contributed by atoms with Gasteiger partial charge < -0.3 is 15.3 Å². The third-order valence-corrected chi connectivity index (χ3v) is 3.47. The van der Waals surface area contributed by atoms with Crippen LogP contribution in [0.1, 0.15) is 32.6 Å². The summed E-state index contributed by atoms with van der Waals surface area (Å²) < 4.78 is 38.1. The van der Waals surface area contributed by atoms with Crippen LogP contribution in [-0.4, -0.2) is 54.5 Å². The zero-order chi connectivity index (χ0) is 13.6. The average Bonchev–Trinajstić information content (AvgIpc) is 2.47. The lowest BCUT2D eigenvalue weighted by atomic mass is 9.94. The molecule has 0 amide bonds. The SMILES string of the molecule is CCCNCCN1CCCC(O)(C(F)(F)F)CC1. The number of hydrogen-bond acceptors (Lipinski definition) is 3. The fraction of sp³-hybridized carbons (Fsp3) is 1.00. The van der Waals surface area contributed by atoms with Crippen molar-refractivity contribution in [3.05, 3.63) is 0 Å². The molecule has 108 valence electrons. The zero-order valence-electron chi connectivity index (χ0n) is 10.9. The Balaban J connectivity index is 2.37. The first kappa shape index (κ1) is 15.7. The Morgan fingerprint density at radius 3 is 2.56 bits per heavy atom. The van der Waals surface area contributed by atoms with Crippen molar-refractivity contribution < 1.29 is 18.3 Å². The minimum atomic E-state index is -4.51. The molecular formula is C12H23F3N2O. The normalized spacial score (nSPS) is 27.2. The zero-order valence-corrected chi connectivity index (χ0v) is 10.9. The third-order valence-electron chi connectivity index (χ3n) is 3.47. The van der Waals surface area contributed by atoms with Crippen LogP contribution in [0.4, 0.5) is 13.2 Å². The highest BCUT2D eigenvalue weighted by Gasteiger charge is 2.53. The minimum Gasteiger partial charge on any atom is -0.380 e. The molecule has 0 aromatic carbocycles. The van der Waals surface area contributed by atoms with Gasteiger partial charge in [0.1, 0.15) is 0 Å². The van der Waals surface area contributed by atoms with Gasteiger partial charge in [0.25, 0.3) is 0 Å². The number of hydrogen-bond donors (Lipinski definition) is 2. The summed E-state index contributed by atoms with van der Waals surface area (Å²) in [5, 5.41) is 12.9. The van der Waals surface area contributed by atoms with Gasteiger partial charge in [0, 0.05) is 19.6 Å². The van der Waals surface area contributed by atoms with Gasteiger partial charge in [-0.1, -0.05) is 6.92 Å². The van der Waals surface area contributed by atoms with E-state index < -0.39 is 11.8 Å². The molecule has 0 aliphatic carbocycles. The van der Waals surface area contributed by atoms with Crippen LogP contribution < -0.4 is 5.32 Å². The van der Waals surface area contributed by atoms with Gasteiger partial charge in [-0.05, 0) is 38.8 Å². The molecule has 0 spiro atoms. The van der Waals surface area contributed by atoms with Crippen molar-refractivity contribution >= 4 is 0 Å². The lowest BCUT2D eigenvalue weighted by molar-refractivity contribution is -0.263. The molecule has 18 heavy (non-hydrogen) atoms. The number of nitrogens with one attached hydrogen (secondary N) is 1. The van der Waals surface area contributed by atoms with Gasteiger partial charge in [-0.3, -0.25) is 0 Å². The molecule has 3 nitrogen and oxygen atoms in total. The lowest BCUT2D eigenvalue weighted by Gasteiger charge is -2.29. The monoisotopic (exact) mass is 268 g/mol. The van der Waals surface area contributed by atoms with E-state index in [0.29, 0.717) is 19.5 Å². The Kier molecular flexibility index (Phi) is 5.88. The second-order valence-corrected chi connectivity index (χ2v) is 4.97. The highest BCUT2D eigenvalue weighted by Crippen LogP contribution is 2.38. The fourth-order valence-electron chi connectivity index (χ4n) is 2.22. The number of alkyl halides is 3. The Morgan fingerprint density at radius 1 is 1.22 bits per heavy atom. The summed E-state index contributed by atoms with van der Waals surface area (Å²) in [6, 6.07) is 0. The first-order valence-corrected chi connectivity index (χ1v) is 6.61. The molecule has 0 aromatic heterocycles. The van der Waals surface area contributed by atoms with E-state index >= 15 is 0 Å². The highest BCUT2D eigenvalue weighted by atomic mass is 19.4. The Morgan fingerprint density at radius 2 is 1.94 bits per heavy atom. The summed E-state index contributed by atoms with van der Waals surface area (Å²) in [5.41, 5.74) is -2.49. The second kappa shape index (κ2) is 6.73. The predicted molar refractivity (Wildman–Crippen MR) is 64.5 cm³/mol. The molecule has 0 aromatic rings. The van der Waals surface area contributed by atoms with Crippen LogP contribution in [0, 0.1) is 0 Å². The molecule has 0 bridgehead atoms. The van der Waals surface area contributed by atoms with Gasteiger partial charge in [-0.15, -0.1) is 0 Å². The first-order valence-electron chi connectivity index (χ1n) is 6.61. The predicted octanol–water partition coefficient (Wildman–Crippen LogP) is 1.77. The molecule has 1 fully saturated rings. The van der Waals surface area contributed by atoms with Crippen molar-refractivity contribution in [3.63, 3.8) is 0 Å². The minimum absolute atomic E-state index is 0.185. The van der Waals surface area contributed by atoms with Crippen LogP contribution in [0.15, 0.2) is 0 Å². The van der Waals surface area contributed by atoms with Gasteiger partial charge >= 0.3 is 6.18 Å². The number of halogens is 3. The van der Waals surface area contributed by atoms with Gasteiger partial charge in [0.15, 0.2) is 5.60 Å². The summed E-state index contributed by atoms with van der Waals surface area (Å²) in [4.78, 5) is 1.99. The Hall–Kier alpha value is -0.330. The van der Waals surface area contributed by atoms with Crippen molar-refractivity contribution in [2.75, 3.05) is 32.7 Å². The van der Waals surface area contributed by atoms with Gasteiger partial charge in [0.2, 0.25) is 0 Å². The van der Waals surface area contributed by atoms with E-state index in [1.54, 1.807) is 0 Å². The molecule has 6 heteroatoms. The molecule has 1 unspecified atom stereocenters. The lowest BCUT2D eigenvalue weighted by Crippen LogP contribution is -2.45. The van der Waals surface area contributed by atoms with E-state index in [2.05, 4.69) is 12.2 Å². The first-order chi connectivity index (χ1) is 8.39. The molecular weight excluding hydrogens is 245 g/mol. The number of rotatable bonds is 5. The van der Waals surface area contributed by atoms with E-state index in [0.717, 1.165) is 26.1 Å². The van der Waals surface area contributed by atoms with Crippen molar-refractivity contribution in [1.82, 2.24) is 10.2 Å². The molecule has 1 aliphatic heterocycles. The molecule has 2 N–H and O–H groups in total. The summed E-state index contributed by atoms with van der Waals surface area (Å²) in [5.74, 6) is 0. The largest absolute Gasteiger partial charge is 0.417 e. The number of aliphatic hydroxyl groups is 1. The van der Waals surface area contributed by atoms with Crippen LogP contribution in [-0.2, 0) is 0 Å². The maximum atomic E-state index is 12.7. The standard InChI is InChI=1S/C12H23F3N2O/c1-2-6-16-7-10-17-8-3-4-11(18,5-9-17)12(13,14)15/h16,18H,2-10H2,1H3. The van der Waals surface area contributed by atoms with Crippen LogP contribution in [0.3, 0.4) is 0 Å². The van der Waals surface area contributed by atoms with E-state index in [1.165, 1.54) is 0 Å². The van der Waals surface area contributed by atoms with Crippen molar-refractivity contribution in [2.24, 2.45) is 0 Å². The summed E-state index contributed by atoms with van der Waals surface area (Å²) in [6.45, 7) is 5.48. The van der Waals surface area contributed by atoms with Crippen molar-refractivity contribution in [3.8, 4) is 0 Å². The van der Waals surface area contributed by atoms with E-state index in [9.17, 15) is 18.3 Å². The molecule has 1 heterocycles. The van der Waals surface area contributed by atoms with Crippen molar-refractivity contribution in [1.29, 1.82) is 0 Å². The number of likely N-dealkylation sites (tertiary alicyclic amines) is 1.